The first kappa shape index (κ1) is 17.4. The lowest BCUT2D eigenvalue weighted by atomic mass is 10.1. The van der Waals surface area contributed by atoms with Crippen LogP contribution in [0.2, 0.25) is 0 Å². The van der Waals surface area contributed by atoms with Gasteiger partial charge in [-0.2, -0.15) is 5.10 Å². The molecule has 0 saturated carbocycles. The second-order valence-corrected chi connectivity index (χ2v) is 5.16. The number of nitrogens with one attached hydrogen (secondary N) is 1. The van der Waals surface area contributed by atoms with E-state index in [1.54, 1.807) is 0 Å². The average Bonchev–Trinajstić information content (AvgIpc) is 2.52. The van der Waals surface area contributed by atoms with Gasteiger partial charge in [0.15, 0.2) is 17.7 Å². The summed E-state index contributed by atoms with van der Waals surface area (Å²) in [5.74, 6) is -2.99. The van der Waals surface area contributed by atoms with E-state index in [0.29, 0.717) is 0 Å². The van der Waals surface area contributed by atoms with Crippen LogP contribution in [-0.4, -0.2) is 46.8 Å². The van der Waals surface area contributed by atoms with E-state index in [1.165, 1.54) is 26.1 Å². The summed E-state index contributed by atoms with van der Waals surface area (Å²) in [5, 5.41) is 16.2. The van der Waals surface area contributed by atoms with Crippen LogP contribution < -0.4 is 10.1 Å². The molecule has 2 amide bonds. The molecule has 0 radical (unpaired) electrons. The fraction of sp³-hybridized carbons (Fsp3) is 0.333. The number of hydrogen-bond donors (Lipinski definition) is 2. The molecule has 2 N–H and O–H groups in total. The highest BCUT2D eigenvalue weighted by Gasteiger charge is 2.22. The summed E-state index contributed by atoms with van der Waals surface area (Å²) in [4.78, 5) is 34.1. The summed E-state index contributed by atoms with van der Waals surface area (Å²) in [6.45, 7) is 1.27. The molecule has 1 heterocycles. The fourth-order valence-corrected chi connectivity index (χ4v) is 1.95. The number of benzene rings is 1. The Labute approximate surface area is 136 Å². The van der Waals surface area contributed by atoms with Crippen molar-refractivity contribution in [2.45, 2.75) is 25.9 Å². The Morgan fingerprint density at radius 1 is 1.42 bits per heavy atom. The highest BCUT2D eigenvalue weighted by Crippen LogP contribution is 2.22. The lowest BCUT2D eigenvalue weighted by Gasteiger charge is -2.19. The van der Waals surface area contributed by atoms with E-state index in [-0.39, 0.29) is 35.9 Å². The number of carboxylic acids is 1. The summed E-state index contributed by atoms with van der Waals surface area (Å²) in [5.41, 5.74) is 0.326. The van der Waals surface area contributed by atoms with Gasteiger partial charge < -0.3 is 15.2 Å². The standard InChI is InChI=1S/C15H16FN3O5/c1-8(15(22)23)24-12-5-3-9(7-10(12)16)17-14(21)11-4-6-13(20)19(2)18-11/h3,5,7-8H,4,6H2,1-2H3,(H,17,21)(H,22,23). The minimum absolute atomic E-state index is 0.162. The van der Waals surface area contributed by atoms with E-state index in [9.17, 15) is 18.8 Å². The summed E-state index contributed by atoms with van der Waals surface area (Å²) >= 11 is 0. The third kappa shape index (κ3) is 4.06. The number of ether oxygens (including phenoxy) is 1. The Bertz CT molecular complexity index is 719. The Hall–Kier alpha value is -2.97. The summed E-state index contributed by atoms with van der Waals surface area (Å²) in [7, 11) is 1.45. The molecule has 0 fully saturated rings. The van der Waals surface area contributed by atoms with Crippen LogP contribution >= 0.6 is 0 Å². The number of carboxylic acid groups (broad SMARTS) is 1. The number of hydrogen-bond acceptors (Lipinski definition) is 5. The van der Waals surface area contributed by atoms with Gasteiger partial charge in [-0.15, -0.1) is 0 Å². The topological polar surface area (TPSA) is 108 Å². The van der Waals surface area contributed by atoms with Crippen LogP contribution in [0.1, 0.15) is 19.8 Å². The van der Waals surface area contributed by atoms with Crippen molar-refractivity contribution < 1.29 is 28.6 Å². The summed E-state index contributed by atoms with van der Waals surface area (Å²) in [6, 6.07) is 3.62. The minimum atomic E-state index is -1.22. The largest absolute Gasteiger partial charge is 0.479 e. The van der Waals surface area contributed by atoms with Crippen molar-refractivity contribution in [2.24, 2.45) is 5.10 Å². The zero-order chi connectivity index (χ0) is 17.9. The lowest BCUT2D eigenvalue weighted by Crippen LogP contribution is -2.34. The SMILES string of the molecule is CC(Oc1ccc(NC(=O)C2=NN(C)C(=O)CC2)cc1F)C(=O)O. The maximum Gasteiger partial charge on any atom is 0.344 e. The molecule has 0 spiro atoms. The molecule has 8 nitrogen and oxygen atoms in total. The number of nitrogens with zero attached hydrogens (tertiary/aromatic N) is 2. The van der Waals surface area contributed by atoms with Gasteiger partial charge in [-0.3, -0.25) is 9.59 Å². The summed E-state index contributed by atoms with van der Waals surface area (Å²) < 4.78 is 18.9. The molecule has 1 atom stereocenters. The molecular formula is C15H16FN3O5. The van der Waals surface area contributed by atoms with Gasteiger partial charge >= 0.3 is 5.97 Å². The van der Waals surface area contributed by atoms with E-state index < -0.39 is 23.8 Å². The van der Waals surface area contributed by atoms with Crippen molar-refractivity contribution in [1.29, 1.82) is 0 Å². The van der Waals surface area contributed by atoms with Crippen LogP contribution in [0.15, 0.2) is 23.3 Å². The number of rotatable bonds is 5. The molecule has 1 aromatic rings. The smallest absolute Gasteiger partial charge is 0.344 e. The molecule has 0 aliphatic carbocycles. The molecule has 0 bridgehead atoms. The Morgan fingerprint density at radius 3 is 2.71 bits per heavy atom. The molecular weight excluding hydrogens is 321 g/mol. The van der Waals surface area contributed by atoms with Gasteiger partial charge in [-0.05, 0) is 19.1 Å². The van der Waals surface area contributed by atoms with Crippen molar-refractivity contribution in [3.63, 3.8) is 0 Å². The lowest BCUT2D eigenvalue weighted by molar-refractivity contribution is -0.144. The Kier molecular flexibility index (Phi) is 5.12. The number of carbonyl (C=O) groups excluding carboxylic acids is 2. The van der Waals surface area contributed by atoms with Gasteiger partial charge in [0.2, 0.25) is 5.91 Å². The molecule has 1 aliphatic rings. The van der Waals surface area contributed by atoms with Gasteiger partial charge in [-0.25, -0.2) is 14.2 Å². The average molecular weight is 337 g/mol. The van der Waals surface area contributed by atoms with E-state index in [1.807, 2.05) is 0 Å². The normalized spacial score (nSPS) is 15.5. The predicted octanol–water partition coefficient (Wildman–Crippen LogP) is 1.22. The molecule has 1 aliphatic heterocycles. The van der Waals surface area contributed by atoms with E-state index in [2.05, 4.69) is 10.4 Å². The second-order valence-electron chi connectivity index (χ2n) is 5.16. The second kappa shape index (κ2) is 7.07. The van der Waals surface area contributed by atoms with Crippen LogP contribution in [0.5, 0.6) is 5.75 Å². The number of halogens is 1. The van der Waals surface area contributed by atoms with Crippen LogP contribution in [-0.2, 0) is 14.4 Å². The van der Waals surface area contributed by atoms with Gasteiger partial charge in [0.05, 0.1) is 0 Å². The van der Waals surface area contributed by atoms with Crippen molar-refractivity contribution >= 4 is 29.2 Å². The van der Waals surface area contributed by atoms with Gasteiger partial charge in [0, 0.05) is 31.6 Å². The van der Waals surface area contributed by atoms with E-state index in [0.717, 1.165) is 11.1 Å². The molecule has 2 rings (SSSR count). The number of anilines is 1. The number of hydrazone groups is 1. The molecule has 24 heavy (non-hydrogen) atoms. The number of amides is 2. The molecule has 1 aromatic carbocycles. The van der Waals surface area contributed by atoms with Crippen LogP contribution in [0, 0.1) is 5.82 Å². The van der Waals surface area contributed by atoms with Crippen molar-refractivity contribution in [3.05, 3.63) is 24.0 Å². The number of carbonyl (C=O) groups is 3. The Balaban J connectivity index is 2.07. The maximum absolute atomic E-state index is 13.9. The zero-order valence-corrected chi connectivity index (χ0v) is 13.1. The molecule has 0 aromatic heterocycles. The third-order valence-corrected chi connectivity index (χ3v) is 3.31. The van der Waals surface area contributed by atoms with Crippen molar-refractivity contribution in [2.75, 3.05) is 12.4 Å². The van der Waals surface area contributed by atoms with Crippen LogP contribution in [0.3, 0.4) is 0 Å². The van der Waals surface area contributed by atoms with Crippen LogP contribution in [0.4, 0.5) is 10.1 Å². The molecule has 9 heteroatoms. The van der Waals surface area contributed by atoms with Gasteiger partial charge in [0.25, 0.3) is 5.91 Å². The third-order valence-electron chi connectivity index (χ3n) is 3.31. The van der Waals surface area contributed by atoms with Gasteiger partial charge in [-0.1, -0.05) is 0 Å². The molecule has 0 saturated heterocycles. The van der Waals surface area contributed by atoms with E-state index in [4.69, 9.17) is 9.84 Å². The first-order valence-electron chi connectivity index (χ1n) is 7.12. The monoisotopic (exact) mass is 337 g/mol. The zero-order valence-electron chi connectivity index (χ0n) is 13.1. The Morgan fingerprint density at radius 2 is 2.12 bits per heavy atom. The first-order chi connectivity index (χ1) is 11.3. The van der Waals surface area contributed by atoms with Crippen molar-refractivity contribution in [3.8, 4) is 5.75 Å². The van der Waals surface area contributed by atoms with Gasteiger partial charge in [0.1, 0.15) is 5.71 Å². The minimum Gasteiger partial charge on any atom is -0.479 e. The molecule has 1 unspecified atom stereocenters. The van der Waals surface area contributed by atoms with Crippen molar-refractivity contribution in [1.82, 2.24) is 5.01 Å². The first-order valence-corrected chi connectivity index (χ1v) is 7.12. The quantitative estimate of drug-likeness (QED) is 0.840. The highest BCUT2D eigenvalue weighted by molar-refractivity contribution is 6.43. The number of aliphatic carboxylic acids is 1. The van der Waals surface area contributed by atoms with E-state index >= 15 is 0 Å². The predicted molar refractivity (Wildman–Crippen MR) is 82.2 cm³/mol. The maximum atomic E-state index is 13.9. The highest BCUT2D eigenvalue weighted by atomic mass is 19.1. The summed E-state index contributed by atoms with van der Waals surface area (Å²) in [6.07, 6.45) is -0.823. The van der Waals surface area contributed by atoms with Crippen LogP contribution in [0.25, 0.3) is 0 Å². The molecule has 128 valence electrons. The fourth-order valence-electron chi connectivity index (χ4n) is 1.95.